The number of benzene rings is 1. The zero-order valence-electron chi connectivity index (χ0n) is 9.53. The van der Waals surface area contributed by atoms with E-state index >= 15 is 0 Å². The van der Waals surface area contributed by atoms with Gasteiger partial charge in [0.25, 0.3) is 5.69 Å². The number of halogens is 1. The number of nitrogens with zero attached hydrogens (tertiary/aromatic N) is 1. The van der Waals surface area contributed by atoms with Gasteiger partial charge in [0, 0.05) is 10.5 Å². The number of nitro benzene ring substituents is 1. The first-order chi connectivity index (χ1) is 7.97. The van der Waals surface area contributed by atoms with Gasteiger partial charge >= 0.3 is 5.97 Å². The minimum absolute atomic E-state index is 0.0736. The van der Waals surface area contributed by atoms with Crippen molar-refractivity contribution < 1.29 is 14.5 Å². The monoisotopic (exact) mass is 301 g/mol. The Morgan fingerprint density at radius 3 is 2.71 bits per heavy atom. The lowest BCUT2D eigenvalue weighted by molar-refractivity contribution is -0.385. The van der Waals surface area contributed by atoms with Crippen molar-refractivity contribution >= 4 is 27.6 Å². The molecular formula is C11H12BrNO4. The molecule has 0 aliphatic heterocycles. The number of ether oxygens (including phenoxy) is 1. The fourth-order valence-corrected chi connectivity index (χ4v) is 1.90. The van der Waals surface area contributed by atoms with Gasteiger partial charge in [-0.05, 0) is 35.3 Å². The van der Waals surface area contributed by atoms with E-state index in [4.69, 9.17) is 4.74 Å². The lowest BCUT2D eigenvalue weighted by Crippen LogP contribution is -2.10. The highest BCUT2D eigenvalue weighted by Crippen LogP contribution is 2.30. The van der Waals surface area contributed by atoms with Crippen molar-refractivity contribution in [1.82, 2.24) is 0 Å². The summed E-state index contributed by atoms with van der Waals surface area (Å²) in [5, 5.41) is 10.9. The van der Waals surface area contributed by atoms with Gasteiger partial charge < -0.3 is 4.74 Å². The molecule has 1 aromatic carbocycles. The maximum atomic E-state index is 11.4. The average Bonchev–Trinajstić information content (AvgIpc) is 2.25. The number of aryl methyl sites for hydroxylation is 1. The largest absolute Gasteiger partial charge is 0.466 e. The summed E-state index contributed by atoms with van der Waals surface area (Å²) in [6.45, 7) is 3.76. The molecule has 5 nitrogen and oxygen atoms in total. The van der Waals surface area contributed by atoms with Crippen molar-refractivity contribution in [2.75, 3.05) is 6.61 Å². The van der Waals surface area contributed by atoms with E-state index in [1.807, 2.05) is 6.92 Å². The first kappa shape index (κ1) is 13.6. The smallest absolute Gasteiger partial charge is 0.310 e. The molecule has 0 aliphatic carbocycles. The second-order valence-corrected chi connectivity index (χ2v) is 4.23. The molecule has 92 valence electrons. The van der Waals surface area contributed by atoms with Crippen LogP contribution in [0.2, 0.25) is 0 Å². The van der Waals surface area contributed by atoms with Crippen LogP contribution in [-0.4, -0.2) is 17.5 Å². The fourth-order valence-electron chi connectivity index (χ4n) is 1.42. The molecule has 0 heterocycles. The number of esters is 1. The third-order valence-corrected chi connectivity index (χ3v) is 3.34. The molecule has 0 unspecified atom stereocenters. The van der Waals surface area contributed by atoms with Crippen LogP contribution in [0.5, 0.6) is 0 Å². The Morgan fingerprint density at radius 2 is 2.18 bits per heavy atom. The molecule has 0 saturated carbocycles. The van der Waals surface area contributed by atoms with Gasteiger partial charge in [-0.15, -0.1) is 0 Å². The Balaban J connectivity index is 3.14. The van der Waals surface area contributed by atoms with Gasteiger partial charge in [-0.2, -0.15) is 0 Å². The average molecular weight is 302 g/mol. The van der Waals surface area contributed by atoms with Crippen LogP contribution in [-0.2, 0) is 16.0 Å². The first-order valence-electron chi connectivity index (χ1n) is 5.05. The summed E-state index contributed by atoms with van der Waals surface area (Å²) in [5.41, 5.74) is 1.12. The summed E-state index contributed by atoms with van der Waals surface area (Å²) in [4.78, 5) is 21.7. The molecule has 0 amide bonds. The third kappa shape index (κ3) is 3.26. The lowest BCUT2D eigenvalue weighted by Gasteiger charge is -2.07. The van der Waals surface area contributed by atoms with Crippen molar-refractivity contribution in [3.8, 4) is 0 Å². The van der Waals surface area contributed by atoms with Crippen molar-refractivity contribution in [3.05, 3.63) is 37.8 Å². The Labute approximate surface area is 107 Å². The minimum Gasteiger partial charge on any atom is -0.466 e. The molecule has 0 saturated heterocycles. The van der Waals surface area contributed by atoms with E-state index in [-0.39, 0.29) is 18.7 Å². The Morgan fingerprint density at radius 1 is 1.53 bits per heavy atom. The molecular weight excluding hydrogens is 290 g/mol. The van der Waals surface area contributed by atoms with Gasteiger partial charge in [0.2, 0.25) is 0 Å². The summed E-state index contributed by atoms with van der Waals surface area (Å²) < 4.78 is 5.38. The number of hydrogen-bond donors (Lipinski definition) is 0. The van der Waals surface area contributed by atoms with E-state index in [0.717, 1.165) is 5.56 Å². The zero-order valence-corrected chi connectivity index (χ0v) is 11.1. The summed E-state index contributed by atoms with van der Waals surface area (Å²) in [6.07, 6.45) is -0.105. The SMILES string of the molecule is CCOC(=O)Cc1c([N+](=O)[O-])ccc(C)c1Br. The van der Waals surface area contributed by atoms with E-state index < -0.39 is 10.9 Å². The molecule has 0 aromatic heterocycles. The summed E-state index contributed by atoms with van der Waals surface area (Å²) in [7, 11) is 0. The number of carbonyl (C=O) groups is 1. The summed E-state index contributed by atoms with van der Waals surface area (Å²) in [5.74, 6) is -0.470. The van der Waals surface area contributed by atoms with E-state index in [1.54, 1.807) is 13.0 Å². The molecule has 0 N–H and O–H groups in total. The van der Waals surface area contributed by atoms with E-state index in [0.29, 0.717) is 10.0 Å². The maximum Gasteiger partial charge on any atom is 0.310 e. The molecule has 6 heteroatoms. The Hall–Kier alpha value is -1.43. The second kappa shape index (κ2) is 5.77. The van der Waals surface area contributed by atoms with Crippen molar-refractivity contribution in [3.63, 3.8) is 0 Å². The fraction of sp³-hybridized carbons (Fsp3) is 0.364. The molecule has 1 aromatic rings. The summed E-state index contributed by atoms with van der Waals surface area (Å²) >= 11 is 3.27. The van der Waals surface area contributed by atoms with Gasteiger partial charge in [-0.3, -0.25) is 14.9 Å². The predicted molar refractivity (Wildman–Crippen MR) is 65.9 cm³/mol. The third-order valence-electron chi connectivity index (χ3n) is 2.23. The summed E-state index contributed by atoms with van der Waals surface area (Å²) in [6, 6.07) is 3.03. The predicted octanol–water partition coefficient (Wildman–Crippen LogP) is 2.77. The number of hydrogen-bond acceptors (Lipinski definition) is 4. The normalized spacial score (nSPS) is 10.1. The van der Waals surface area contributed by atoms with Crippen LogP contribution in [0.25, 0.3) is 0 Å². The van der Waals surface area contributed by atoms with Gasteiger partial charge in [0.15, 0.2) is 0 Å². The number of carbonyl (C=O) groups excluding carboxylic acids is 1. The maximum absolute atomic E-state index is 11.4. The van der Waals surface area contributed by atoms with Crippen LogP contribution in [0.1, 0.15) is 18.1 Å². The topological polar surface area (TPSA) is 69.4 Å². The highest BCUT2D eigenvalue weighted by Gasteiger charge is 2.21. The van der Waals surface area contributed by atoms with Crippen LogP contribution in [0.15, 0.2) is 16.6 Å². The van der Waals surface area contributed by atoms with Gasteiger partial charge in [0.1, 0.15) is 0 Å². The van der Waals surface area contributed by atoms with Crippen molar-refractivity contribution in [1.29, 1.82) is 0 Å². The molecule has 0 bridgehead atoms. The molecule has 0 atom stereocenters. The van der Waals surface area contributed by atoms with Crippen LogP contribution in [0.3, 0.4) is 0 Å². The zero-order chi connectivity index (χ0) is 13.0. The minimum atomic E-state index is -0.501. The van der Waals surface area contributed by atoms with Crippen molar-refractivity contribution in [2.45, 2.75) is 20.3 Å². The van der Waals surface area contributed by atoms with Crippen LogP contribution in [0.4, 0.5) is 5.69 Å². The van der Waals surface area contributed by atoms with Gasteiger partial charge in [0.05, 0.1) is 23.5 Å². The molecule has 1 rings (SSSR count). The van der Waals surface area contributed by atoms with Crippen molar-refractivity contribution in [2.24, 2.45) is 0 Å². The van der Waals surface area contributed by atoms with E-state index in [1.165, 1.54) is 6.07 Å². The molecule has 0 radical (unpaired) electrons. The van der Waals surface area contributed by atoms with Crippen LogP contribution >= 0.6 is 15.9 Å². The highest BCUT2D eigenvalue weighted by atomic mass is 79.9. The molecule has 0 aliphatic rings. The standard InChI is InChI=1S/C11H12BrNO4/c1-3-17-10(14)6-8-9(13(15)16)5-4-7(2)11(8)12/h4-5H,3,6H2,1-2H3. The number of rotatable bonds is 4. The van der Waals surface area contributed by atoms with E-state index in [9.17, 15) is 14.9 Å². The lowest BCUT2D eigenvalue weighted by atomic mass is 10.1. The number of nitro groups is 1. The van der Waals surface area contributed by atoms with Crippen LogP contribution in [0, 0.1) is 17.0 Å². The van der Waals surface area contributed by atoms with Gasteiger partial charge in [-0.25, -0.2) is 0 Å². The Kier molecular flexibility index (Phi) is 4.62. The second-order valence-electron chi connectivity index (χ2n) is 3.43. The van der Waals surface area contributed by atoms with E-state index in [2.05, 4.69) is 15.9 Å². The quantitative estimate of drug-likeness (QED) is 0.487. The van der Waals surface area contributed by atoms with Crippen LogP contribution < -0.4 is 0 Å². The molecule has 0 fully saturated rings. The Bertz CT molecular complexity index is 459. The molecule has 0 spiro atoms. The first-order valence-corrected chi connectivity index (χ1v) is 5.84. The van der Waals surface area contributed by atoms with Gasteiger partial charge in [-0.1, -0.05) is 6.07 Å². The highest BCUT2D eigenvalue weighted by molar-refractivity contribution is 9.10. The molecule has 17 heavy (non-hydrogen) atoms.